The maximum absolute atomic E-state index is 9.11. The first-order valence-corrected chi connectivity index (χ1v) is 5.98. The molecule has 90 valence electrons. The van der Waals surface area contributed by atoms with Gasteiger partial charge in [-0.05, 0) is 46.1 Å². The third kappa shape index (κ3) is 5.50. The fourth-order valence-electron chi connectivity index (χ4n) is 1.98. The fourth-order valence-corrected chi connectivity index (χ4v) is 1.98. The van der Waals surface area contributed by atoms with E-state index in [4.69, 9.17) is 9.84 Å². The number of rotatable bonds is 4. The minimum Gasteiger partial charge on any atom is -0.396 e. The third-order valence-corrected chi connectivity index (χ3v) is 2.80. The van der Waals surface area contributed by atoms with E-state index in [2.05, 4.69) is 25.7 Å². The van der Waals surface area contributed by atoms with Gasteiger partial charge in [0.25, 0.3) is 0 Å². The first-order valence-electron chi connectivity index (χ1n) is 5.98. The van der Waals surface area contributed by atoms with Crippen molar-refractivity contribution in [3.05, 3.63) is 0 Å². The molecule has 0 aromatic heterocycles. The molecule has 1 saturated heterocycles. The molecule has 0 radical (unpaired) electrons. The predicted molar refractivity (Wildman–Crippen MR) is 62.0 cm³/mol. The molecule has 0 amide bonds. The van der Waals surface area contributed by atoms with Crippen LogP contribution >= 0.6 is 0 Å². The van der Waals surface area contributed by atoms with Gasteiger partial charge in [0, 0.05) is 19.7 Å². The Labute approximate surface area is 93.4 Å². The summed E-state index contributed by atoms with van der Waals surface area (Å²) in [5.74, 6) is 0.480. The number of piperidine rings is 1. The van der Waals surface area contributed by atoms with Crippen LogP contribution in [0.3, 0.4) is 0 Å². The van der Waals surface area contributed by atoms with Crippen LogP contribution < -0.4 is 0 Å². The number of aliphatic hydroxyl groups is 1. The zero-order valence-electron chi connectivity index (χ0n) is 10.3. The number of likely N-dealkylation sites (tertiary alicyclic amines) is 1. The summed E-state index contributed by atoms with van der Waals surface area (Å²) in [6, 6.07) is 0. The third-order valence-electron chi connectivity index (χ3n) is 2.80. The molecule has 3 nitrogen and oxygen atoms in total. The molecular weight excluding hydrogens is 190 g/mol. The molecule has 0 saturated carbocycles. The van der Waals surface area contributed by atoms with E-state index in [1.165, 1.54) is 12.8 Å². The molecule has 1 N–H and O–H groups in total. The van der Waals surface area contributed by atoms with Crippen LogP contribution in [-0.4, -0.2) is 48.5 Å². The SMILES string of the molecule is CC(C)(C)OCCN1CCCC(CO)C1. The highest BCUT2D eigenvalue weighted by atomic mass is 16.5. The highest BCUT2D eigenvalue weighted by Gasteiger charge is 2.19. The molecule has 1 heterocycles. The van der Waals surface area contributed by atoms with Gasteiger partial charge < -0.3 is 14.7 Å². The van der Waals surface area contributed by atoms with Crippen molar-refractivity contribution >= 4 is 0 Å². The topological polar surface area (TPSA) is 32.7 Å². The standard InChI is InChI=1S/C12H25NO2/c1-12(2,3)15-8-7-13-6-4-5-11(9-13)10-14/h11,14H,4-10H2,1-3H3. The quantitative estimate of drug-likeness (QED) is 0.771. The molecule has 0 aromatic carbocycles. The van der Waals surface area contributed by atoms with Gasteiger partial charge in [-0.3, -0.25) is 0 Å². The smallest absolute Gasteiger partial charge is 0.0600 e. The summed E-state index contributed by atoms with van der Waals surface area (Å²) < 4.78 is 5.70. The van der Waals surface area contributed by atoms with E-state index >= 15 is 0 Å². The van der Waals surface area contributed by atoms with Crippen molar-refractivity contribution in [3.8, 4) is 0 Å². The van der Waals surface area contributed by atoms with Crippen LogP contribution in [0.2, 0.25) is 0 Å². The molecule has 1 rings (SSSR count). The van der Waals surface area contributed by atoms with Gasteiger partial charge in [-0.1, -0.05) is 0 Å². The van der Waals surface area contributed by atoms with Crippen molar-refractivity contribution < 1.29 is 9.84 Å². The maximum Gasteiger partial charge on any atom is 0.0600 e. The van der Waals surface area contributed by atoms with Crippen LogP contribution in [-0.2, 0) is 4.74 Å². The first-order chi connectivity index (χ1) is 7.01. The van der Waals surface area contributed by atoms with Crippen molar-refractivity contribution in [2.24, 2.45) is 5.92 Å². The highest BCUT2D eigenvalue weighted by Crippen LogP contribution is 2.15. The predicted octanol–water partition coefficient (Wildman–Crippen LogP) is 1.51. The molecule has 1 fully saturated rings. The second kappa shape index (κ2) is 5.83. The molecule has 1 unspecified atom stereocenters. The van der Waals surface area contributed by atoms with Gasteiger partial charge in [-0.25, -0.2) is 0 Å². The lowest BCUT2D eigenvalue weighted by molar-refractivity contribution is -0.0185. The molecule has 0 aliphatic carbocycles. The van der Waals surface area contributed by atoms with E-state index in [1.807, 2.05) is 0 Å². The molecule has 15 heavy (non-hydrogen) atoms. The maximum atomic E-state index is 9.11. The molecular formula is C12H25NO2. The van der Waals surface area contributed by atoms with E-state index < -0.39 is 0 Å². The summed E-state index contributed by atoms with van der Waals surface area (Å²) in [5.41, 5.74) is -0.0355. The van der Waals surface area contributed by atoms with E-state index in [0.717, 1.165) is 26.2 Å². The zero-order chi connectivity index (χ0) is 11.3. The summed E-state index contributed by atoms with van der Waals surface area (Å²) in [6.07, 6.45) is 2.38. The van der Waals surface area contributed by atoms with E-state index in [1.54, 1.807) is 0 Å². The summed E-state index contributed by atoms with van der Waals surface area (Å²) in [5, 5.41) is 9.11. The molecule has 1 atom stereocenters. The molecule has 3 heteroatoms. The summed E-state index contributed by atoms with van der Waals surface area (Å²) in [7, 11) is 0. The largest absolute Gasteiger partial charge is 0.396 e. The second-order valence-corrected chi connectivity index (χ2v) is 5.45. The Bertz CT molecular complexity index is 177. The van der Waals surface area contributed by atoms with Gasteiger partial charge >= 0.3 is 0 Å². The average molecular weight is 215 g/mol. The number of ether oxygens (including phenoxy) is 1. The Morgan fingerprint density at radius 2 is 2.13 bits per heavy atom. The Balaban J connectivity index is 2.15. The Hall–Kier alpha value is -0.120. The summed E-state index contributed by atoms with van der Waals surface area (Å²) in [4.78, 5) is 2.40. The number of aliphatic hydroxyl groups excluding tert-OH is 1. The molecule has 1 aliphatic rings. The van der Waals surface area contributed by atoms with Crippen molar-refractivity contribution in [2.75, 3.05) is 32.8 Å². The Morgan fingerprint density at radius 1 is 1.40 bits per heavy atom. The van der Waals surface area contributed by atoms with Crippen molar-refractivity contribution in [3.63, 3.8) is 0 Å². The van der Waals surface area contributed by atoms with Gasteiger partial charge in [-0.2, -0.15) is 0 Å². The summed E-state index contributed by atoms with van der Waals surface area (Å²) >= 11 is 0. The second-order valence-electron chi connectivity index (χ2n) is 5.45. The van der Waals surface area contributed by atoms with Crippen molar-refractivity contribution in [1.82, 2.24) is 4.90 Å². The molecule has 0 spiro atoms. The van der Waals surface area contributed by atoms with E-state index in [0.29, 0.717) is 12.5 Å². The summed E-state index contributed by atoms with van der Waals surface area (Å²) in [6.45, 7) is 10.6. The van der Waals surface area contributed by atoms with Crippen molar-refractivity contribution in [1.29, 1.82) is 0 Å². The van der Waals surface area contributed by atoms with Gasteiger partial charge in [-0.15, -0.1) is 0 Å². The minimum atomic E-state index is -0.0355. The Kier molecular flexibility index (Phi) is 5.03. The van der Waals surface area contributed by atoms with E-state index in [-0.39, 0.29) is 5.60 Å². The molecule has 1 aliphatic heterocycles. The van der Waals surface area contributed by atoms with Gasteiger partial charge in [0.15, 0.2) is 0 Å². The lowest BCUT2D eigenvalue weighted by Gasteiger charge is -2.32. The van der Waals surface area contributed by atoms with Crippen LogP contribution in [0, 0.1) is 5.92 Å². The fraction of sp³-hybridized carbons (Fsp3) is 1.00. The molecule has 0 aromatic rings. The van der Waals surface area contributed by atoms with Crippen LogP contribution in [0.1, 0.15) is 33.6 Å². The number of hydrogen-bond acceptors (Lipinski definition) is 3. The lowest BCUT2D eigenvalue weighted by atomic mass is 9.99. The van der Waals surface area contributed by atoms with Crippen molar-refractivity contribution in [2.45, 2.75) is 39.2 Å². The number of hydrogen-bond donors (Lipinski definition) is 1. The van der Waals surface area contributed by atoms with Gasteiger partial charge in [0.1, 0.15) is 0 Å². The lowest BCUT2D eigenvalue weighted by Crippen LogP contribution is -2.39. The van der Waals surface area contributed by atoms with E-state index in [9.17, 15) is 0 Å². The highest BCUT2D eigenvalue weighted by molar-refractivity contribution is 4.72. The first kappa shape index (κ1) is 12.9. The van der Waals surface area contributed by atoms with Gasteiger partial charge in [0.2, 0.25) is 0 Å². The zero-order valence-corrected chi connectivity index (χ0v) is 10.3. The normalized spacial score (nSPS) is 24.4. The average Bonchev–Trinajstić information content (AvgIpc) is 2.16. The molecule has 0 bridgehead atoms. The van der Waals surface area contributed by atoms with Gasteiger partial charge in [0.05, 0.1) is 12.2 Å². The monoisotopic (exact) mass is 215 g/mol. The minimum absolute atomic E-state index is 0.0355. The number of nitrogens with zero attached hydrogens (tertiary/aromatic N) is 1. The van der Waals surface area contributed by atoms with Crippen LogP contribution in [0.4, 0.5) is 0 Å². The van der Waals surface area contributed by atoms with Crippen LogP contribution in [0.15, 0.2) is 0 Å². The van der Waals surface area contributed by atoms with Crippen LogP contribution in [0.25, 0.3) is 0 Å². The van der Waals surface area contributed by atoms with Crippen LogP contribution in [0.5, 0.6) is 0 Å². The Morgan fingerprint density at radius 3 is 2.73 bits per heavy atom.